The van der Waals surface area contributed by atoms with Crippen molar-refractivity contribution >= 4 is 5.97 Å². The lowest BCUT2D eigenvalue weighted by Gasteiger charge is -2.33. The molecule has 0 unspecified atom stereocenters. The van der Waals surface area contributed by atoms with Gasteiger partial charge in [0.2, 0.25) is 0 Å². The van der Waals surface area contributed by atoms with Crippen molar-refractivity contribution in [2.24, 2.45) is 5.92 Å². The van der Waals surface area contributed by atoms with E-state index < -0.39 is 11.4 Å². The molecule has 0 atom stereocenters. The smallest absolute Gasteiger partial charge is 0.314 e. The number of hydrogen-bond acceptors (Lipinski definition) is 3. The van der Waals surface area contributed by atoms with Crippen molar-refractivity contribution in [2.45, 2.75) is 31.1 Å². The molecule has 1 aromatic rings. The minimum absolute atomic E-state index is 0.499. The summed E-state index contributed by atoms with van der Waals surface area (Å²) in [4.78, 5) is 11.8. The molecule has 0 spiro atoms. The van der Waals surface area contributed by atoms with E-state index in [4.69, 9.17) is 9.47 Å². The highest BCUT2D eigenvalue weighted by molar-refractivity contribution is 5.81. The molecule has 4 heteroatoms. The fourth-order valence-electron chi connectivity index (χ4n) is 2.73. The second kappa shape index (κ2) is 5.44. The van der Waals surface area contributed by atoms with Gasteiger partial charge in [0.05, 0.1) is 12.0 Å². The molecule has 0 bridgehead atoms. The monoisotopic (exact) mass is 276 g/mol. The Balaban J connectivity index is 1.82. The van der Waals surface area contributed by atoms with Crippen LogP contribution in [0.4, 0.5) is 0 Å². The highest BCUT2D eigenvalue weighted by atomic mass is 16.5. The van der Waals surface area contributed by atoms with Crippen LogP contribution in [0.25, 0.3) is 0 Å². The van der Waals surface area contributed by atoms with Crippen molar-refractivity contribution in [1.29, 1.82) is 0 Å². The molecular weight excluding hydrogens is 256 g/mol. The summed E-state index contributed by atoms with van der Waals surface area (Å²) in [6, 6.07) is 7.57. The SMILES string of the molecule is O=C(O)C1(c2cccc(OCC3CC3)c2)CCOCC1. The van der Waals surface area contributed by atoms with E-state index in [0.717, 1.165) is 17.9 Å². The maximum absolute atomic E-state index is 11.8. The van der Waals surface area contributed by atoms with Gasteiger partial charge >= 0.3 is 5.97 Å². The second-order valence-electron chi connectivity index (χ2n) is 5.78. The van der Waals surface area contributed by atoms with Crippen LogP contribution in [0.5, 0.6) is 5.75 Å². The zero-order chi connectivity index (χ0) is 14.0. The normalized spacial score (nSPS) is 21.4. The number of hydrogen-bond donors (Lipinski definition) is 1. The topological polar surface area (TPSA) is 55.8 Å². The highest BCUT2D eigenvalue weighted by Gasteiger charge is 2.42. The van der Waals surface area contributed by atoms with E-state index in [2.05, 4.69) is 0 Å². The van der Waals surface area contributed by atoms with Crippen LogP contribution in [0, 0.1) is 5.92 Å². The van der Waals surface area contributed by atoms with E-state index in [9.17, 15) is 9.90 Å². The van der Waals surface area contributed by atoms with Gasteiger partial charge in [0.1, 0.15) is 5.75 Å². The second-order valence-corrected chi connectivity index (χ2v) is 5.78. The predicted octanol–water partition coefficient (Wildman–Crippen LogP) is 2.61. The fraction of sp³-hybridized carbons (Fsp3) is 0.562. The Morgan fingerprint density at radius 1 is 1.35 bits per heavy atom. The van der Waals surface area contributed by atoms with Gasteiger partial charge in [-0.1, -0.05) is 12.1 Å². The Bertz CT molecular complexity index is 487. The number of benzene rings is 1. The minimum Gasteiger partial charge on any atom is -0.493 e. The van der Waals surface area contributed by atoms with Crippen LogP contribution in [0.15, 0.2) is 24.3 Å². The third-order valence-corrected chi connectivity index (χ3v) is 4.32. The maximum Gasteiger partial charge on any atom is 0.314 e. The first kappa shape index (κ1) is 13.4. The number of carbonyl (C=O) groups is 1. The van der Waals surface area contributed by atoms with Crippen molar-refractivity contribution in [3.63, 3.8) is 0 Å². The molecule has 1 aromatic carbocycles. The van der Waals surface area contributed by atoms with Gasteiger partial charge in [0, 0.05) is 13.2 Å². The van der Waals surface area contributed by atoms with E-state index in [1.165, 1.54) is 12.8 Å². The van der Waals surface area contributed by atoms with Crippen LogP contribution in [0.3, 0.4) is 0 Å². The minimum atomic E-state index is -0.822. The van der Waals surface area contributed by atoms with Crippen molar-refractivity contribution < 1.29 is 19.4 Å². The number of rotatable bonds is 5. The Kier molecular flexibility index (Phi) is 3.66. The molecule has 0 aromatic heterocycles. The Hall–Kier alpha value is -1.55. The molecule has 2 aliphatic rings. The Labute approximate surface area is 118 Å². The zero-order valence-corrected chi connectivity index (χ0v) is 11.5. The van der Waals surface area contributed by atoms with Crippen molar-refractivity contribution in [1.82, 2.24) is 0 Å². The number of ether oxygens (including phenoxy) is 2. The molecule has 4 nitrogen and oxygen atoms in total. The number of aliphatic carboxylic acids is 1. The lowest BCUT2D eigenvalue weighted by Crippen LogP contribution is -2.41. The highest BCUT2D eigenvalue weighted by Crippen LogP contribution is 2.37. The van der Waals surface area contributed by atoms with Crippen LogP contribution in [0.1, 0.15) is 31.2 Å². The molecule has 20 heavy (non-hydrogen) atoms. The fourth-order valence-corrected chi connectivity index (χ4v) is 2.73. The zero-order valence-electron chi connectivity index (χ0n) is 11.5. The van der Waals surface area contributed by atoms with Crippen molar-refractivity contribution in [3.8, 4) is 5.75 Å². The molecule has 0 amide bonds. The summed E-state index contributed by atoms with van der Waals surface area (Å²) in [6.45, 7) is 1.74. The third-order valence-electron chi connectivity index (χ3n) is 4.32. The van der Waals surface area contributed by atoms with Crippen LogP contribution in [-0.4, -0.2) is 30.9 Å². The summed E-state index contributed by atoms with van der Waals surface area (Å²) in [5, 5.41) is 9.66. The van der Waals surface area contributed by atoms with E-state index in [1.807, 2.05) is 24.3 Å². The van der Waals surface area contributed by atoms with Crippen molar-refractivity contribution in [3.05, 3.63) is 29.8 Å². The quantitative estimate of drug-likeness (QED) is 0.898. The summed E-state index contributed by atoms with van der Waals surface area (Å²) >= 11 is 0. The lowest BCUT2D eigenvalue weighted by atomic mass is 9.74. The van der Waals surface area contributed by atoms with E-state index in [0.29, 0.717) is 32.0 Å². The number of carboxylic acids is 1. The molecule has 1 saturated carbocycles. The van der Waals surface area contributed by atoms with Crippen LogP contribution >= 0.6 is 0 Å². The van der Waals surface area contributed by atoms with Gasteiger partial charge in [0.25, 0.3) is 0 Å². The molecule has 1 heterocycles. The van der Waals surface area contributed by atoms with E-state index >= 15 is 0 Å². The van der Waals surface area contributed by atoms with E-state index in [-0.39, 0.29) is 0 Å². The lowest BCUT2D eigenvalue weighted by molar-refractivity contribution is -0.147. The largest absolute Gasteiger partial charge is 0.493 e. The summed E-state index contributed by atoms with van der Waals surface area (Å²) in [5.41, 5.74) is 0.0126. The molecule has 2 fully saturated rings. The maximum atomic E-state index is 11.8. The van der Waals surface area contributed by atoms with Gasteiger partial charge in [-0.25, -0.2) is 0 Å². The standard InChI is InChI=1S/C16H20O4/c17-15(18)16(6-8-19-9-7-16)13-2-1-3-14(10-13)20-11-12-4-5-12/h1-3,10,12H,4-9,11H2,(H,17,18). The van der Waals surface area contributed by atoms with E-state index in [1.54, 1.807) is 0 Å². The average Bonchev–Trinajstić information content (AvgIpc) is 3.30. The van der Waals surface area contributed by atoms with Gasteiger partial charge in [-0.05, 0) is 49.3 Å². The van der Waals surface area contributed by atoms with Crippen LogP contribution in [-0.2, 0) is 14.9 Å². The summed E-state index contributed by atoms with van der Waals surface area (Å²) in [6.07, 6.45) is 3.54. The van der Waals surface area contributed by atoms with Gasteiger partial charge in [0.15, 0.2) is 0 Å². The molecule has 1 aliphatic heterocycles. The Morgan fingerprint density at radius 2 is 2.10 bits per heavy atom. The third kappa shape index (κ3) is 2.66. The first-order valence-corrected chi connectivity index (χ1v) is 7.25. The summed E-state index contributed by atoms with van der Waals surface area (Å²) in [5.74, 6) is 0.705. The molecule has 0 radical (unpaired) electrons. The molecule has 1 N–H and O–H groups in total. The number of carboxylic acid groups (broad SMARTS) is 1. The molecule has 108 valence electrons. The van der Waals surface area contributed by atoms with Crippen LogP contribution in [0.2, 0.25) is 0 Å². The molecular formula is C16H20O4. The first-order chi connectivity index (χ1) is 9.71. The Morgan fingerprint density at radius 3 is 2.75 bits per heavy atom. The van der Waals surface area contributed by atoms with Crippen LogP contribution < -0.4 is 4.74 Å². The molecule has 1 saturated heterocycles. The molecule has 3 rings (SSSR count). The summed E-state index contributed by atoms with van der Waals surface area (Å²) in [7, 11) is 0. The van der Waals surface area contributed by atoms with Crippen molar-refractivity contribution in [2.75, 3.05) is 19.8 Å². The predicted molar refractivity (Wildman–Crippen MR) is 74.0 cm³/mol. The average molecular weight is 276 g/mol. The van der Waals surface area contributed by atoms with Gasteiger partial charge in [-0.3, -0.25) is 4.79 Å². The van der Waals surface area contributed by atoms with Gasteiger partial charge in [-0.15, -0.1) is 0 Å². The first-order valence-electron chi connectivity index (χ1n) is 7.25. The summed E-state index contributed by atoms with van der Waals surface area (Å²) < 4.78 is 11.1. The molecule has 1 aliphatic carbocycles. The van der Waals surface area contributed by atoms with Gasteiger partial charge < -0.3 is 14.6 Å². The van der Waals surface area contributed by atoms with Gasteiger partial charge in [-0.2, -0.15) is 0 Å².